The van der Waals surface area contributed by atoms with Gasteiger partial charge in [0.1, 0.15) is 5.82 Å². The summed E-state index contributed by atoms with van der Waals surface area (Å²) in [5.74, 6) is 1.24. The van der Waals surface area contributed by atoms with Crippen LogP contribution in [0.15, 0.2) is 63.7 Å². The highest BCUT2D eigenvalue weighted by Crippen LogP contribution is 2.22. The fourth-order valence-electron chi connectivity index (χ4n) is 3.04. The summed E-state index contributed by atoms with van der Waals surface area (Å²) in [7, 11) is 0. The van der Waals surface area contributed by atoms with Gasteiger partial charge in [-0.25, -0.2) is 9.37 Å². The molecule has 0 aliphatic carbocycles. The zero-order valence-electron chi connectivity index (χ0n) is 17.7. The van der Waals surface area contributed by atoms with Crippen molar-refractivity contribution in [3.8, 4) is 22.7 Å². The Bertz CT molecular complexity index is 1180. The van der Waals surface area contributed by atoms with Crippen molar-refractivity contribution in [2.45, 2.75) is 39.2 Å². The number of aryl methyl sites for hydroxylation is 1. The molecule has 0 bridgehead atoms. The maximum absolute atomic E-state index is 13.0. The predicted octanol–water partition coefficient (Wildman–Crippen LogP) is 5.33. The van der Waals surface area contributed by atoms with Crippen molar-refractivity contribution in [2.75, 3.05) is 0 Å². The number of rotatable bonds is 8. The van der Waals surface area contributed by atoms with Gasteiger partial charge in [-0.05, 0) is 35.7 Å². The maximum atomic E-state index is 13.0. The van der Waals surface area contributed by atoms with Crippen molar-refractivity contribution in [1.82, 2.24) is 15.1 Å². The first kappa shape index (κ1) is 21.4. The standard InChI is InChI=1S/C24H22FN3O4/c1-15(2)16-3-5-18(6-4-16)24-27-22(32-28-24)14-30-23(29)12-11-21-26-13-20(31-21)17-7-9-19(25)10-8-17/h3-10,13,15H,11-12,14H2,1-2H3. The van der Waals surface area contributed by atoms with Gasteiger partial charge in [0.15, 0.2) is 18.3 Å². The monoisotopic (exact) mass is 435 g/mol. The van der Waals surface area contributed by atoms with Crippen molar-refractivity contribution in [3.05, 3.63) is 77.9 Å². The van der Waals surface area contributed by atoms with Gasteiger partial charge in [0.25, 0.3) is 5.89 Å². The summed E-state index contributed by atoms with van der Waals surface area (Å²) in [4.78, 5) is 20.5. The molecule has 2 aromatic carbocycles. The van der Waals surface area contributed by atoms with Gasteiger partial charge < -0.3 is 13.7 Å². The predicted molar refractivity (Wildman–Crippen MR) is 114 cm³/mol. The van der Waals surface area contributed by atoms with Gasteiger partial charge in [0.2, 0.25) is 5.82 Å². The average Bonchev–Trinajstić information content (AvgIpc) is 3.47. The van der Waals surface area contributed by atoms with Gasteiger partial charge in [0, 0.05) is 17.5 Å². The van der Waals surface area contributed by atoms with Crippen molar-refractivity contribution in [3.63, 3.8) is 0 Å². The summed E-state index contributed by atoms with van der Waals surface area (Å²) >= 11 is 0. The molecule has 164 valence electrons. The van der Waals surface area contributed by atoms with Crippen LogP contribution in [-0.4, -0.2) is 21.1 Å². The Morgan fingerprint density at radius 3 is 2.47 bits per heavy atom. The molecule has 32 heavy (non-hydrogen) atoms. The van der Waals surface area contributed by atoms with Gasteiger partial charge in [-0.2, -0.15) is 4.98 Å². The Balaban J connectivity index is 1.26. The van der Waals surface area contributed by atoms with Gasteiger partial charge in [0.05, 0.1) is 12.6 Å². The first-order chi connectivity index (χ1) is 15.5. The maximum Gasteiger partial charge on any atom is 0.306 e. The number of oxazole rings is 1. The van der Waals surface area contributed by atoms with Crippen molar-refractivity contribution >= 4 is 5.97 Å². The topological polar surface area (TPSA) is 91.2 Å². The molecule has 2 aromatic heterocycles. The minimum absolute atomic E-state index is 0.0844. The molecule has 0 unspecified atom stereocenters. The van der Waals surface area contributed by atoms with E-state index in [4.69, 9.17) is 13.7 Å². The average molecular weight is 435 g/mol. The second-order valence-electron chi connectivity index (χ2n) is 7.57. The van der Waals surface area contributed by atoms with Gasteiger partial charge in [-0.3, -0.25) is 4.79 Å². The van der Waals surface area contributed by atoms with E-state index in [1.807, 2.05) is 24.3 Å². The summed E-state index contributed by atoms with van der Waals surface area (Å²) in [6.07, 6.45) is 1.90. The van der Waals surface area contributed by atoms with Crippen LogP contribution in [0.2, 0.25) is 0 Å². The third-order valence-electron chi connectivity index (χ3n) is 4.89. The quantitative estimate of drug-likeness (QED) is 0.345. The van der Waals surface area contributed by atoms with Crippen molar-refractivity contribution in [1.29, 1.82) is 0 Å². The molecule has 0 fully saturated rings. The molecule has 0 N–H and O–H groups in total. The molecule has 2 heterocycles. The largest absolute Gasteiger partial charge is 0.456 e. The smallest absolute Gasteiger partial charge is 0.306 e. The van der Waals surface area contributed by atoms with Crippen LogP contribution >= 0.6 is 0 Å². The molecule has 0 amide bonds. The van der Waals surface area contributed by atoms with E-state index in [2.05, 4.69) is 29.0 Å². The molecular weight excluding hydrogens is 413 g/mol. The van der Waals surface area contributed by atoms with Crippen LogP contribution in [0.1, 0.15) is 43.5 Å². The van der Waals surface area contributed by atoms with Crippen LogP contribution in [0.3, 0.4) is 0 Å². The number of carbonyl (C=O) groups is 1. The molecule has 4 aromatic rings. The lowest BCUT2D eigenvalue weighted by molar-refractivity contribution is -0.145. The van der Waals surface area contributed by atoms with Crippen LogP contribution in [0, 0.1) is 5.82 Å². The summed E-state index contributed by atoms with van der Waals surface area (Å²) in [6, 6.07) is 13.8. The van der Waals surface area contributed by atoms with E-state index >= 15 is 0 Å². The van der Waals surface area contributed by atoms with Crippen LogP contribution in [0.5, 0.6) is 0 Å². The molecule has 0 atom stereocenters. The van der Waals surface area contributed by atoms with E-state index in [1.54, 1.807) is 18.3 Å². The number of aromatic nitrogens is 3. The summed E-state index contributed by atoms with van der Waals surface area (Å²) < 4.78 is 29.0. The third-order valence-corrected chi connectivity index (χ3v) is 4.89. The first-order valence-corrected chi connectivity index (χ1v) is 10.3. The SMILES string of the molecule is CC(C)c1ccc(-c2noc(COC(=O)CCc3ncc(-c4ccc(F)cc4)o3)n2)cc1. The zero-order valence-corrected chi connectivity index (χ0v) is 17.7. The van der Waals surface area contributed by atoms with Crippen LogP contribution in [-0.2, 0) is 22.6 Å². The molecule has 0 saturated heterocycles. The number of hydrogen-bond donors (Lipinski definition) is 0. The Morgan fingerprint density at radius 2 is 1.75 bits per heavy atom. The van der Waals surface area contributed by atoms with E-state index in [9.17, 15) is 9.18 Å². The summed E-state index contributed by atoms with van der Waals surface area (Å²) in [6.45, 7) is 4.15. The molecule has 0 radical (unpaired) electrons. The van der Waals surface area contributed by atoms with Gasteiger partial charge in [-0.15, -0.1) is 0 Å². The second kappa shape index (κ2) is 9.55. The minimum Gasteiger partial charge on any atom is -0.456 e. The normalized spacial score (nSPS) is 11.1. The van der Waals surface area contributed by atoms with Gasteiger partial charge >= 0.3 is 5.97 Å². The third kappa shape index (κ3) is 5.26. The van der Waals surface area contributed by atoms with E-state index in [-0.39, 0.29) is 31.2 Å². The molecular formula is C24H22FN3O4. The Hall–Kier alpha value is -3.81. The van der Waals surface area contributed by atoms with E-state index in [0.29, 0.717) is 29.0 Å². The fraction of sp³-hybridized carbons (Fsp3) is 0.250. The summed E-state index contributed by atoms with van der Waals surface area (Å²) in [5.41, 5.74) is 2.76. The van der Waals surface area contributed by atoms with Crippen LogP contribution in [0.25, 0.3) is 22.7 Å². The number of nitrogens with zero attached hydrogens (tertiary/aromatic N) is 3. The molecule has 8 heteroatoms. The second-order valence-corrected chi connectivity index (χ2v) is 7.57. The number of hydrogen-bond acceptors (Lipinski definition) is 7. The van der Waals surface area contributed by atoms with Crippen molar-refractivity contribution in [2.24, 2.45) is 0 Å². The molecule has 0 aliphatic heterocycles. The molecule has 7 nitrogen and oxygen atoms in total. The number of carbonyl (C=O) groups excluding carboxylic acids is 1. The first-order valence-electron chi connectivity index (χ1n) is 10.3. The lowest BCUT2D eigenvalue weighted by Gasteiger charge is -2.04. The lowest BCUT2D eigenvalue weighted by Crippen LogP contribution is -2.06. The molecule has 0 aliphatic rings. The van der Waals surface area contributed by atoms with Crippen LogP contribution < -0.4 is 0 Å². The number of esters is 1. The van der Waals surface area contributed by atoms with E-state index in [0.717, 1.165) is 5.56 Å². The number of ether oxygens (including phenoxy) is 1. The summed E-state index contributed by atoms with van der Waals surface area (Å²) in [5, 5.41) is 3.94. The van der Waals surface area contributed by atoms with E-state index in [1.165, 1.54) is 17.7 Å². The molecule has 4 rings (SSSR count). The van der Waals surface area contributed by atoms with E-state index < -0.39 is 5.97 Å². The van der Waals surface area contributed by atoms with Crippen LogP contribution in [0.4, 0.5) is 4.39 Å². The molecule has 0 spiro atoms. The minimum atomic E-state index is -0.437. The highest BCUT2D eigenvalue weighted by atomic mass is 19.1. The Morgan fingerprint density at radius 1 is 1.03 bits per heavy atom. The fourth-order valence-corrected chi connectivity index (χ4v) is 3.04. The van der Waals surface area contributed by atoms with Gasteiger partial charge in [-0.1, -0.05) is 43.3 Å². The lowest BCUT2D eigenvalue weighted by atomic mass is 10.0. The highest BCUT2D eigenvalue weighted by molar-refractivity contribution is 5.69. The number of halogens is 1. The Labute approximate surface area is 184 Å². The Kier molecular flexibility index (Phi) is 6.39. The zero-order chi connectivity index (χ0) is 22.5. The van der Waals surface area contributed by atoms with Crippen molar-refractivity contribution < 1.29 is 22.9 Å². The highest BCUT2D eigenvalue weighted by Gasteiger charge is 2.13. The molecule has 0 saturated carbocycles. The number of benzene rings is 2.